The van der Waals surface area contributed by atoms with Crippen LogP contribution in [0.5, 0.6) is 0 Å². The van der Waals surface area contributed by atoms with E-state index >= 15 is 0 Å². The molecular weight excluding hydrogens is 435 g/mol. The molecule has 0 aliphatic carbocycles. The number of anilines is 1. The van der Waals surface area contributed by atoms with Crippen LogP contribution in [0.2, 0.25) is 0 Å². The van der Waals surface area contributed by atoms with Gasteiger partial charge in [-0.2, -0.15) is 0 Å². The van der Waals surface area contributed by atoms with Crippen molar-refractivity contribution in [3.05, 3.63) is 66.2 Å². The zero-order valence-corrected chi connectivity index (χ0v) is 18.0. The highest BCUT2D eigenvalue weighted by Crippen LogP contribution is 2.22. The molecule has 0 radical (unpaired) electrons. The average molecular weight is 464 g/mol. The van der Waals surface area contributed by atoms with E-state index < -0.39 is 0 Å². The minimum atomic E-state index is 0. The molecule has 4 nitrogen and oxygen atoms in total. The number of halogens is 1. The van der Waals surface area contributed by atoms with E-state index in [0.29, 0.717) is 5.92 Å². The molecule has 1 aliphatic rings. The molecule has 0 bridgehead atoms. The fourth-order valence-corrected chi connectivity index (χ4v) is 3.43. The van der Waals surface area contributed by atoms with Crippen molar-refractivity contribution in [2.75, 3.05) is 38.6 Å². The lowest BCUT2D eigenvalue weighted by molar-refractivity contribution is 0.462. The van der Waals surface area contributed by atoms with Gasteiger partial charge in [0.2, 0.25) is 0 Å². The number of benzene rings is 2. The molecule has 2 aromatic carbocycles. The van der Waals surface area contributed by atoms with Gasteiger partial charge in [-0.05, 0) is 30.0 Å². The summed E-state index contributed by atoms with van der Waals surface area (Å²) in [5, 5.41) is 3.55. The van der Waals surface area contributed by atoms with Crippen LogP contribution in [-0.4, -0.2) is 44.6 Å². The first-order valence-electron chi connectivity index (χ1n) is 9.02. The SMILES string of the molecule is CN=C(NCC1CCN(c2ccccc2)C1)N(C)Cc1ccccc1.I. The first kappa shape index (κ1) is 20.6. The maximum absolute atomic E-state index is 4.44. The topological polar surface area (TPSA) is 30.9 Å². The molecule has 1 N–H and O–H groups in total. The average Bonchev–Trinajstić information content (AvgIpc) is 3.13. The molecule has 0 saturated carbocycles. The van der Waals surface area contributed by atoms with Gasteiger partial charge in [0, 0.05) is 46.0 Å². The molecule has 1 fully saturated rings. The quantitative estimate of drug-likeness (QED) is 0.415. The first-order valence-corrected chi connectivity index (χ1v) is 9.02. The Hall–Kier alpha value is -1.76. The van der Waals surface area contributed by atoms with Crippen molar-refractivity contribution in [3.63, 3.8) is 0 Å². The second-order valence-electron chi connectivity index (χ2n) is 6.71. The van der Waals surface area contributed by atoms with Gasteiger partial charge in [-0.15, -0.1) is 24.0 Å². The van der Waals surface area contributed by atoms with Crippen molar-refractivity contribution in [1.29, 1.82) is 0 Å². The Morgan fingerprint density at radius 3 is 2.42 bits per heavy atom. The second-order valence-corrected chi connectivity index (χ2v) is 6.71. The Morgan fingerprint density at radius 2 is 1.77 bits per heavy atom. The molecule has 3 rings (SSSR count). The van der Waals surface area contributed by atoms with Crippen LogP contribution in [0.25, 0.3) is 0 Å². The predicted molar refractivity (Wildman–Crippen MR) is 121 cm³/mol. The van der Waals surface area contributed by atoms with E-state index in [1.165, 1.54) is 17.7 Å². The van der Waals surface area contributed by atoms with Crippen LogP contribution in [-0.2, 0) is 6.54 Å². The van der Waals surface area contributed by atoms with Gasteiger partial charge in [0.25, 0.3) is 0 Å². The van der Waals surface area contributed by atoms with Crippen molar-refractivity contribution in [1.82, 2.24) is 10.2 Å². The van der Waals surface area contributed by atoms with Gasteiger partial charge in [0.1, 0.15) is 0 Å². The first-order chi connectivity index (χ1) is 12.3. The van der Waals surface area contributed by atoms with Crippen LogP contribution in [0.15, 0.2) is 65.7 Å². The Morgan fingerprint density at radius 1 is 1.12 bits per heavy atom. The lowest BCUT2D eigenvalue weighted by atomic mass is 10.1. The van der Waals surface area contributed by atoms with E-state index in [1.54, 1.807) is 0 Å². The number of guanidine groups is 1. The summed E-state index contributed by atoms with van der Waals surface area (Å²) in [6.45, 7) is 4.07. The number of rotatable bonds is 5. The summed E-state index contributed by atoms with van der Waals surface area (Å²) >= 11 is 0. The Bertz CT molecular complexity index is 675. The fraction of sp³-hybridized carbons (Fsp3) is 0.381. The summed E-state index contributed by atoms with van der Waals surface area (Å²) in [7, 11) is 3.95. The third-order valence-corrected chi connectivity index (χ3v) is 4.79. The van der Waals surface area contributed by atoms with Crippen LogP contribution in [0.4, 0.5) is 5.69 Å². The summed E-state index contributed by atoms with van der Waals surface area (Å²) in [6.07, 6.45) is 1.22. The molecule has 0 aromatic heterocycles. The molecule has 26 heavy (non-hydrogen) atoms. The summed E-state index contributed by atoms with van der Waals surface area (Å²) in [6, 6.07) is 21.2. The largest absolute Gasteiger partial charge is 0.371 e. The lowest BCUT2D eigenvalue weighted by Crippen LogP contribution is -2.41. The van der Waals surface area contributed by atoms with Gasteiger partial charge < -0.3 is 15.1 Å². The second kappa shape index (κ2) is 10.4. The Kier molecular flexibility index (Phi) is 8.22. The molecule has 1 saturated heterocycles. The van der Waals surface area contributed by atoms with E-state index in [1.807, 2.05) is 7.05 Å². The van der Waals surface area contributed by atoms with Crippen molar-refractivity contribution < 1.29 is 0 Å². The molecule has 0 spiro atoms. The highest BCUT2D eigenvalue weighted by atomic mass is 127. The maximum Gasteiger partial charge on any atom is 0.193 e. The zero-order chi connectivity index (χ0) is 17.5. The molecule has 1 unspecified atom stereocenters. The summed E-state index contributed by atoms with van der Waals surface area (Å²) in [5.74, 6) is 1.61. The van der Waals surface area contributed by atoms with E-state index in [9.17, 15) is 0 Å². The maximum atomic E-state index is 4.44. The number of aliphatic imine (C=N–C) groups is 1. The van der Waals surface area contributed by atoms with Crippen LogP contribution < -0.4 is 10.2 Å². The molecule has 0 amide bonds. The van der Waals surface area contributed by atoms with Gasteiger partial charge in [-0.3, -0.25) is 4.99 Å². The molecule has 1 aliphatic heterocycles. The lowest BCUT2D eigenvalue weighted by Gasteiger charge is -2.24. The minimum Gasteiger partial charge on any atom is -0.371 e. The van der Waals surface area contributed by atoms with Crippen LogP contribution in [0, 0.1) is 5.92 Å². The van der Waals surface area contributed by atoms with E-state index in [4.69, 9.17) is 0 Å². The smallest absolute Gasteiger partial charge is 0.193 e. The van der Waals surface area contributed by atoms with Crippen LogP contribution in [0.1, 0.15) is 12.0 Å². The van der Waals surface area contributed by atoms with E-state index in [0.717, 1.165) is 32.1 Å². The standard InChI is InChI=1S/C21H28N4.HI/c1-22-21(24(2)16-18-9-5-3-6-10-18)23-15-19-13-14-25(17-19)20-11-7-4-8-12-20;/h3-12,19H,13-17H2,1-2H3,(H,22,23);1H. The number of nitrogens with zero attached hydrogens (tertiary/aromatic N) is 3. The molecule has 1 heterocycles. The van der Waals surface area contributed by atoms with Gasteiger partial charge in [-0.1, -0.05) is 48.5 Å². The third-order valence-electron chi connectivity index (χ3n) is 4.79. The van der Waals surface area contributed by atoms with E-state index in [-0.39, 0.29) is 24.0 Å². The van der Waals surface area contributed by atoms with Crippen molar-refractivity contribution in [2.24, 2.45) is 10.9 Å². The minimum absolute atomic E-state index is 0. The summed E-state index contributed by atoms with van der Waals surface area (Å²) < 4.78 is 0. The van der Waals surface area contributed by atoms with Gasteiger partial charge in [0.05, 0.1) is 0 Å². The molecule has 1 atom stereocenters. The predicted octanol–water partition coefficient (Wildman–Crippen LogP) is 3.84. The number of hydrogen-bond donors (Lipinski definition) is 1. The molecule has 5 heteroatoms. The van der Waals surface area contributed by atoms with Crippen LogP contribution in [0.3, 0.4) is 0 Å². The monoisotopic (exact) mass is 464 g/mol. The Labute approximate surface area is 174 Å². The van der Waals surface area contributed by atoms with Gasteiger partial charge in [-0.25, -0.2) is 0 Å². The summed E-state index contributed by atoms with van der Waals surface area (Å²) in [4.78, 5) is 9.09. The van der Waals surface area contributed by atoms with Crippen molar-refractivity contribution >= 4 is 35.6 Å². The van der Waals surface area contributed by atoms with E-state index in [2.05, 4.69) is 87.8 Å². The Balaban J connectivity index is 0.00000243. The van der Waals surface area contributed by atoms with Gasteiger partial charge >= 0.3 is 0 Å². The summed E-state index contributed by atoms with van der Waals surface area (Å²) in [5.41, 5.74) is 2.62. The molecule has 2 aromatic rings. The van der Waals surface area contributed by atoms with Crippen molar-refractivity contribution in [3.8, 4) is 0 Å². The normalized spacial score (nSPS) is 16.9. The molecular formula is C21H29IN4. The number of hydrogen-bond acceptors (Lipinski definition) is 2. The number of nitrogens with one attached hydrogen (secondary N) is 1. The number of para-hydroxylation sites is 1. The highest BCUT2D eigenvalue weighted by molar-refractivity contribution is 14.0. The fourth-order valence-electron chi connectivity index (χ4n) is 3.43. The van der Waals surface area contributed by atoms with Crippen molar-refractivity contribution in [2.45, 2.75) is 13.0 Å². The van der Waals surface area contributed by atoms with Gasteiger partial charge in [0.15, 0.2) is 5.96 Å². The zero-order valence-electron chi connectivity index (χ0n) is 15.6. The highest BCUT2D eigenvalue weighted by Gasteiger charge is 2.23. The van der Waals surface area contributed by atoms with Crippen LogP contribution >= 0.6 is 24.0 Å². The molecule has 140 valence electrons. The third kappa shape index (κ3) is 5.62.